The van der Waals surface area contributed by atoms with Crippen molar-refractivity contribution in [1.29, 1.82) is 0 Å². The molecular formula is C27H27ClN2O4S. The maximum absolute atomic E-state index is 13.3. The molecule has 0 amide bonds. The molecule has 35 heavy (non-hydrogen) atoms. The third kappa shape index (κ3) is 6.40. The van der Waals surface area contributed by atoms with Crippen LogP contribution in [0.5, 0.6) is 5.75 Å². The highest BCUT2D eigenvalue weighted by Gasteiger charge is 2.31. The number of hydrogen-bond acceptors (Lipinski definition) is 6. The summed E-state index contributed by atoms with van der Waals surface area (Å²) in [6.07, 6.45) is 3.35. The van der Waals surface area contributed by atoms with Gasteiger partial charge in [-0.3, -0.25) is 19.5 Å². The number of halogens is 1. The molecule has 2 aromatic heterocycles. The number of nitrogens with zero attached hydrogens (tertiary/aromatic N) is 2. The number of aromatic nitrogens is 1. The minimum Gasteiger partial charge on any atom is -0.497 e. The minimum absolute atomic E-state index is 0.0256. The maximum Gasteiger partial charge on any atom is 0.303 e. The molecule has 2 atom stereocenters. The van der Waals surface area contributed by atoms with Gasteiger partial charge in [0, 0.05) is 36.5 Å². The summed E-state index contributed by atoms with van der Waals surface area (Å²) in [6.45, 7) is 2.12. The number of carbonyl (C=O) groups excluding carboxylic acids is 1. The van der Waals surface area contributed by atoms with Gasteiger partial charge < -0.3 is 9.84 Å². The van der Waals surface area contributed by atoms with Crippen molar-refractivity contribution in [2.75, 3.05) is 26.7 Å². The summed E-state index contributed by atoms with van der Waals surface area (Å²) < 4.78 is 5.31. The second-order valence-corrected chi connectivity index (χ2v) is 10.1. The van der Waals surface area contributed by atoms with E-state index in [2.05, 4.69) is 21.7 Å². The monoisotopic (exact) mass is 510 g/mol. The van der Waals surface area contributed by atoms with Crippen molar-refractivity contribution in [1.82, 2.24) is 9.88 Å². The molecule has 1 aromatic carbocycles. The summed E-state index contributed by atoms with van der Waals surface area (Å²) in [5.41, 5.74) is 1.13. The maximum atomic E-state index is 13.3. The highest BCUT2D eigenvalue weighted by Crippen LogP contribution is 2.33. The fourth-order valence-corrected chi connectivity index (χ4v) is 5.57. The van der Waals surface area contributed by atoms with Gasteiger partial charge in [0.05, 0.1) is 29.1 Å². The number of ketones is 1. The number of carboxylic acid groups (broad SMARTS) is 1. The normalized spacial score (nSPS) is 18.1. The predicted octanol–water partition coefficient (Wildman–Crippen LogP) is 5.39. The van der Waals surface area contributed by atoms with E-state index in [0.717, 1.165) is 17.8 Å². The van der Waals surface area contributed by atoms with Crippen LogP contribution in [0.15, 0.2) is 41.9 Å². The molecule has 1 saturated heterocycles. The fourth-order valence-electron chi connectivity index (χ4n) is 4.72. The van der Waals surface area contributed by atoms with Crippen molar-refractivity contribution in [3.05, 3.63) is 57.4 Å². The summed E-state index contributed by atoms with van der Waals surface area (Å²) in [6, 6.07) is 9.35. The lowest BCUT2D eigenvalue weighted by Crippen LogP contribution is -2.41. The molecule has 0 spiro atoms. The Bertz CT molecular complexity index is 1270. The molecule has 0 bridgehead atoms. The molecule has 1 aliphatic rings. The van der Waals surface area contributed by atoms with E-state index in [4.69, 9.17) is 16.3 Å². The quantitative estimate of drug-likeness (QED) is 0.323. The lowest BCUT2D eigenvalue weighted by molar-refractivity contribution is -0.139. The molecule has 4 rings (SSSR count). The number of hydrogen-bond donors (Lipinski definition) is 1. The summed E-state index contributed by atoms with van der Waals surface area (Å²) in [4.78, 5) is 32.4. The molecule has 0 unspecified atom stereocenters. The first-order valence-electron chi connectivity index (χ1n) is 11.6. The van der Waals surface area contributed by atoms with E-state index >= 15 is 0 Å². The summed E-state index contributed by atoms with van der Waals surface area (Å²) >= 11 is 8.00. The highest BCUT2D eigenvalue weighted by molar-refractivity contribution is 7.10. The van der Waals surface area contributed by atoms with E-state index in [-0.39, 0.29) is 24.0 Å². The van der Waals surface area contributed by atoms with Crippen molar-refractivity contribution in [2.45, 2.75) is 25.7 Å². The molecule has 1 aliphatic heterocycles. The van der Waals surface area contributed by atoms with E-state index in [9.17, 15) is 14.7 Å². The predicted molar refractivity (Wildman–Crippen MR) is 138 cm³/mol. The Morgan fingerprint density at radius 2 is 2.17 bits per heavy atom. The van der Waals surface area contributed by atoms with Gasteiger partial charge in [-0.1, -0.05) is 29.5 Å². The lowest BCUT2D eigenvalue weighted by atomic mass is 9.79. The number of Topliss-reactive ketones (excluding diaryl/α,β-unsaturated/α-hetero) is 1. The zero-order valence-electron chi connectivity index (χ0n) is 19.5. The number of carboxylic acids is 1. The van der Waals surface area contributed by atoms with E-state index < -0.39 is 5.97 Å². The number of piperidine rings is 1. The molecule has 3 aromatic rings. The van der Waals surface area contributed by atoms with Crippen LogP contribution in [-0.2, 0) is 4.79 Å². The Labute approximate surface area is 213 Å². The van der Waals surface area contributed by atoms with E-state index in [1.807, 2.05) is 17.5 Å². The number of methoxy groups -OCH3 is 1. The molecule has 3 heterocycles. The molecule has 1 fully saturated rings. The van der Waals surface area contributed by atoms with Crippen molar-refractivity contribution in [3.63, 3.8) is 0 Å². The third-order valence-corrected chi connectivity index (χ3v) is 7.57. The largest absolute Gasteiger partial charge is 0.497 e. The van der Waals surface area contributed by atoms with Gasteiger partial charge in [-0.05, 0) is 60.9 Å². The molecule has 0 aliphatic carbocycles. The van der Waals surface area contributed by atoms with Gasteiger partial charge in [-0.25, -0.2) is 0 Å². The van der Waals surface area contributed by atoms with E-state index in [1.165, 1.54) is 6.20 Å². The first kappa shape index (κ1) is 25.2. The lowest BCUT2D eigenvalue weighted by Gasteiger charge is -2.37. The highest BCUT2D eigenvalue weighted by atomic mass is 35.5. The Morgan fingerprint density at radius 1 is 1.31 bits per heavy atom. The summed E-state index contributed by atoms with van der Waals surface area (Å²) in [5, 5.41) is 12.5. The van der Waals surface area contributed by atoms with Crippen molar-refractivity contribution >= 4 is 45.6 Å². The average Bonchev–Trinajstić information content (AvgIpc) is 3.36. The van der Waals surface area contributed by atoms with Gasteiger partial charge in [0.15, 0.2) is 5.78 Å². The van der Waals surface area contributed by atoms with Gasteiger partial charge in [-0.15, -0.1) is 11.3 Å². The number of benzene rings is 1. The zero-order valence-corrected chi connectivity index (χ0v) is 21.1. The van der Waals surface area contributed by atoms with Crippen LogP contribution in [0.4, 0.5) is 0 Å². The van der Waals surface area contributed by atoms with Crippen molar-refractivity contribution in [3.8, 4) is 17.6 Å². The number of ether oxygens (including phenoxy) is 1. The summed E-state index contributed by atoms with van der Waals surface area (Å²) in [5.74, 6) is 6.25. The molecule has 6 nitrogen and oxygen atoms in total. The average molecular weight is 511 g/mol. The van der Waals surface area contributed by atoms with E-state index in [1.54, 1.807) is 36.6 Å². The first-order chi connectivity index (χ1) is 16.9. The molecule has 0 saturated carbocycles. The molecule has 1 N–H and O–H groups in total. The van der Waals surface area contributed by atoms with Crippen LogP contribution in [0, 0.1) is 23.7 Å². The zero-order chi connectivity index (χ0) is 24.8. The van der Waals surface area contributed by atoms with Crippen LogP contribution < -0.4 is 4.74 Å². The number of aliphatic carboxylic acids is 1. The minimum atomic E-state index is -0.812. The molecular weight excluding hydrogens is 484 g/mol. The van der Waals surface area contributed by atoms with Crippen LogP contribution in [0.2, 0.25) is 5.02 Å². The van der Waals surface area contributed by atoms with Crippen LogP contribution in [0.3, 0.4) is 0 Å². The number of fused-ring (bicyclic) bond motifs is 1. The van der Waals surface area contributed by atoms with Crippen molar-refractivity contribution < 1.29 is 19.4 Å². The second kappa shape index (κ2) is 11.7. The second-order valence-electron chi connectivity index (χ2n) is 8.75. The van der Waals surface area contributed by atoms with Gasteiger partial charge in [-0.2, -0.15) is 0 Å². The third-order valence-electron chi connectivity index (χ3n) is 6.50. The van der Waals surface area contributed by atoms with Crippen LogP contribution >= 0.6 is 22.9 Å². The van der Waals surface area contributed by atoms with Gasteiger partial charge in [0.2, 0.25) is 0 Å². The number of rotatable bonds is 8. The van der Waals surface area contributed by atoms with Crippen molar-refractivity contribution in [2.24, 2.45) is 11.8 Å². The Hall–Kier alpha value is -2.92. The number of likely N-dealkylation sites (tertiary alicyclic amines) is 1. The molecule has 0 radical (unpaired) electrons. The topological polar surface area (TPSA) is 79.7 Å². The Morgan fingerprint density at radius 3 is 2.91 bits per heavy atom. The molecule has 8 heteroatoms. The standard InChI is InChI=1S/C27H27ClN2O4S/c1-34-20-7-8-24-22(15-20)27(23(28)16-29-24)25(31)9-6-18-10-12-30(17-19(18)14-26(32)33)11-2-4-21-5-3-13-35-21/h3,5,7-8,13,15-16,18-19H,6,9-12,14,17H2,1H3,(H,32,33)/t18-,19+/m1/s1. The Kier molecular flexibility index (Phi) is 8.40. The number of thiophene rings is 1. The smallest absolute Gasteiger partial charge is 0.303 e. The summed E-state index contributed by atoms with van der Waals surface area (Å²) in [7, 11) is 1.57. The van der Waals surface area contributed by atoms with Crippen LogP contribution in [0.25, 0.3) is 10.9 Å². The fraction of sp³-hybridized carbons (Fsp3) is 0.370. The van der Waals surface area contributed by atoms with E-state index in [0.29, 0.717) is 53.2 Å². The van der Waals surface area contributed by atoms with Gasteiger partial charge in [0.25, 0.3) is 0 Å². The SMILES string of the molecule is COc1ccc2ncc(Cl)c(C(=O)CC[C@@H]3CCN(CC#Cc4cccs4)C[C@@H]3CC(=O)O)c2c1. The van der Waals surface area contributed by atoms with Crippen LogP contribution in [0.1, 0.15) is 40.9 Å². The number of carbonyl (C=O) groups is 2. The Balaban J connectivity index is 1.43. The van der Waals surface area contributed by atoms with Gasteiger partial charge in [0.1, 0.15) is 5.75 Å². The number of pyridine rings is 1. The first-order valence-corrected chi connectivity index (χ1v) is 12.8. The molecule has 182 valence electrons. The van der Waals surface area contributed by atoms with Crippen LogP contribution in [-0.4, -0.2) is 53.5 Å². The van der Waals surface area contributed by atoms with Gasteiger partial charge >= 0.3 is 5.97 Å².